The maximum Gasteiger partial charge on any atom is 0.338 e. The molecule has 20 heavy (non-hydrogen) atoms. The normalized spacial score (nSPS) is 11.3. The lowest BCUT2D eigenvalue weighted by Crippen LogP contribution is -2.33. The zero-order valence-electron chi connectivity index (χ0n) is 12.8. The van der Waals surface area contributed by atoms with Gasteiger partial charge >= 0.3 is 5.97 Å². The number of nitrogens with one attached hydrogen (secondary N) is 1. The molecule has 0 spiro atoms. The van der Waals surface area contributed by atoms with E-state index < -0.39 is 5.97 Å². The van der Waals surface area contributed by atoms with Gasteiger partial charge in [0, 0.05) is 6.04 Å². The second kappa shape index (κ2) is 6.55. The van der Waals surface area contributed by atoms with Crippen LogP contribution < -0.4 is 5.32 Å². The predicted octanol–water partition coefficient (Wildman–Crippen LogP) is 2.67. The van der Waals surface area contributed by atoms with Crippen molar-refractivity contribution in [3.05, 3.63) is 35.4 Å². The molecule has 0 saturated carbocycles. The summed E-state index contributed by atoms with van der Waals surface area (Å²) >= 11 is 0. The standard InChI is InChI=1S/C16H23NO3/c1-11(2)17-14(18)10-20-15(19)12-6-8-13(9-7-12)16(3,4)5/h6-9,11H,10H2,1-5H3,(H,17,18). The number of hydrogen-bond acceptors (Lipinski definition) is 3. The highest BCUT2D eigenvalue weighted by atomic mass is 16.5. The number of carbonyl (C=O) groups excluding carboxylic acids is 2. The molecule has 0 fully saturated rings. The zero-order valence-corrected chi connectivity index (χ0v) is 12.8. The Hall–Kier alpha value is -1.84. The van der Waals surface area contributed by atoms with E-state index >= 15 is 0 Å². The largest absolute Gasteiger partial charge is 0.452 e. The van der Waals surface area contributed by atoms with Crippen LogP contribution in [0.15, 0.2) is 24.3 Å². The maximum absolute atomic E-state index is 11.8. The molecule has 0 bridgehead atoms. The predicted molar refractivity (Wildman–Crippen MR) is 78.7 cm³/mol. The number of esters is 1. The van der Waals surface area contributed by atoms with Gasteiger partial charge in [-0.05, 0) is 37.0 Å². The Morgan fingerprint density at radius 3 is 2.15 bits per heavy atom. The lowest BCUT2D eigenvalue weighted by atomic mass is 9.87. The van der Waals surface area contributed by atoms with Crippen molar-refractivity contribution in [2.75, 3.05) is 6.61 Å². The molecule has 1 aromatic carbocycles. The number of benzene rings is 1. The van der Waals surface area contributed by atoms with Gasteiger partial charge in [0.25, 0.3) is 5.91 Å². The van der Waals surface area contributed by atoms with Gasteiger partial charge in [-0.2, -0.15) is 0 Å². The van der Waals surface area contributed by atoms with E-state index in [0.717, 1.165) is 5.56 Å². The van der Waals surface area contributed by atoms with Crippen LogP contribution in [0.25, 0.3) is 0 Å². The Bertz CT molecular complexity index is 469. The minimum atomic E-state index is -0.482. The smallest absolute Gasteiger partial charge is 0.338 e. The summed E-state index contributed by atoms with van der Waals surface area (Å²) in [6, 6.07) is 7.30. The number of hydrogen-bond donors (Lipinski definition) is 1. The van der Waals surface area contributed by atoms with E-state index in [4.69, 9.17) is 4.74 Å². The van der Waals surface area contributed by atoms with Crippen LogP contribution in [0.4, 0.5) is 0 Å². The molecule has 4 nitrogen and oxygen atoms in total. The van der Waals surface area contributed by atoms with Gasteiger partial charge in [-0.1, -0.05) is 32.9 Å². The number of ether oxygens (including phenoxy) is 1. The molecule has 0 saturated heterocycles. The first-order chi connectivity index (χ1) is 9.20. The van der Waals surface area contributed by atoms with Gasteiger partial charge in [-0.15, -0.1) is 0 Å². The summed E-state index contributed by atoms with van der Waals surface area (Å²) < 4.78 is 4.97. The summed E-state index contributed by atoms with van der Waals surface area (Å²) in [5.41, 5.74) is 1.64. The van der Waals surface area contributed by atoms with Gasteiger partial charge < -0.3 is 10.1 Å². The van der Waals surface area contributed by atoms with Crippen molar-refractivity contribution >= 4 is 11.9 Å². The molecule has 4 heteroatoms. The molecule has 1 rings (SSSR count). The van der Waals surface area contributed by atoms with Crippen molar-refractivity contribution in [3.63, 3.8) is 0 Å². The van der Waals surface area contributed by atoms with Gasteiger partial charge in [0.05, 0.1) is 5.56 Å². The fourth-order valence-electron chi connectivity index (χ4n) is 1.68. The van der Waals surface area contributed by atoms with Crippen LogP contribution in [0.2, 0.25) is 0 Å². The lowest BCUT2D eigenvalue weighted by molar-refractivity contribution is -0.124. The molecule has 0 aliphatic carbocycles. The quantitative estimate of drug-likeness (QED) is 0.861. The SMILES string of the molecule is CC(C)NC(=O)COC(=O)c1ccc(C(C)(C)C)cc1. The Morgan fingerprint density at radius 2 is 1.70 bits per heavy atom. The van der Waals surface area contributed by atoms with Crippen LogP contribution in [-0.2, 0) is 14.9 Å². The van der Waals surface area contributed by atoms with Crippen molar-refractivity contribution in [2.24, 2.45) is 0 Å². The summed E-state index contributed by atoms with van der Waals surface area (Å²) in [6.07, 6.45) is 0. The molecule has 0 aliphatic rings. The molecule has 1 N–H and O–H groups in total. The van der Waals surface area contributed by atoms with Gasteiger partial charge in [-0.25, -0.2) is 4.79 Å². The third kappa shape index (κ3) is 5.03. The van der Waals surface area contributed by atoms with Crippen LogP contribution in [0, 0.1) is 0 Å². The topological polar surface area (TPSA) is 55.4 Å². The van der Waals surface area contributed by atoms with Gasteiger partial charge in [0.1, 0.15) is 0 Å². The van der Waals surface area contributed by atoms with Crippen LogP contribution in [0.5, 0.6) is 0 Å². The van der Waals surface area contributed by atoms with Crippen molar-refractivity contribution in [3.8, 4) is 0 Å². The average Bonchev–Trinajstić information content (AvgIpc) is 2.34. The van der Waals surface area contributed by atoms with E-state index in [1.807, 2.05) is 26.0 Å². The Kier molecular flexibility index (Phi) is 5.31. The van der Waals surface area contributed by atoms with Crippen LogP contribution in [-0.4, -0.2) is 24.5 Å². The van der Waals surface area contributed by atoms with E-state index in [2.05, 4.69) is 26.1 Å². The van der Waals surface area contributed by atoms with E-state index in [0.29, 0.717) is 5.56 Å². The first-order valence-corrected chi connectivity index (χ1v) is 6.77. The fourth-order valence-corrected chi connectivity index (χ4v) is 1.68. The molecule has 0 aromatic heterocycles. The van der Waals surface area contributed by atoms with Crippen molar-refractivity contribution in [1.29, 1.82) is 0 Å². The second-order valence-electron chi connectivity index (χ2n) is 6.13. The highest BCUT2D eigenvalue weighted by Crippen LogP contribution is 2.22. The van der Waals surface area contributed by atoms with Gasteiger partial charge in [0.15, 0.2) is 6.61 Å². The highest BCUT2D eigenvalue weighted by molar-refractivity contribution is 5.91. The first kappa shape index (κ1) is 16.2. The maximum atomic E-state index is 11.8. The number of rotatable bonds is 4. The van der Waals surface area contributed by atoms with E-state index in [-0.39, 0.29) is 24.0 Å². The van der Waals surface area contributed by atoms with Gasteiger partial charge in [0.2, 0.25) is 0 Å². The summed E-state index contributed by atoms with van der Waals surface area (Å²) in [4.78, 5) is 23.2. The molecule has 0 aliphatic heterocycles. The lowest BCUT2D eigenvalue weighted by Gasteiger charge is -2.18. The third-order valence-corrected chi connectivity index (χ3v) is 2.77. The molecule has 0 heterocycles. The summed E-state index contributed by atoms with van der Waals surface area (Å²) in [6.45, 7) is 9.78. The molecule has 0 unspecified atom stereocenters. The summed E-state index contributed by atoms with van der Waals surface area (Å²) in [7, 11) is 0. The first-order valence-electron chi connectivity index (χ1n) is 6.77. The molecule has 110 valence electrons. The molecule has 1 aromatic rings. The summed E-state index contributed by atoms with van der Waals surface area (Å²) in [5.74, 6) is -0.774. The Morgan fingerprint density at radius 1 is 1.15 bits per heavy atom. The molecule has 1 amide bonds. The molecule has 0 atom stereocenters. The Balaban J connectivity index is 2.58. The molecular formula is C16H23NO3. The monoisotopic (exact) mass is 277 g/mol. The minimum Gasteiger partial charge on any atom is -0.452 e. The molecule has 0 radical (unpaired) electrons. The Labute approximate surface area is 120 Å². The zero-order chi connectivity index (χ0) is 15.3. The van der Waals surface area contributed by atoms with E-state index in [1.165, 1.54) is 0 Å². The van der Waals surface area contributed by atoms with E-state index in [1.54, 1.807) is 12.1 Å². The third-order valence-electron chi connectivity index (χ3n) is 2.77. The fraction of sp³-hybridized carbons (Fsp3) is 0.500. The van der Waals surface area contributed by atoms with Crippen LogP contribution in [0.1, 0.15) is 50.5 Å². The highest BCUT2D eigenvalue weighted by Gasteiger charge is 2.15. The van der Waals surface area contributed by atoms with Crippen molar-refractivity contribution in [1.82, 2.24) is 5.32 Å². The van der Waals surface area contributed by atoms with Gasteiger partial charge in [-0.3, -0.25) is 4.79 Å². The number of amides is 1. The van der Waals surface area contributed by atoms with E-state index in [9.17, 15) is 9.59 Å². The molecular weight excluding hydrogens is 254 g/mol. The van der Waals surface area contributed by atoms with Crippen LogP contribution >= 0.6 is 0 Å². The second-order valence-corrected chi connectivity index (χ2v) is 6.13. The van der Waals surface area contributed by atoms with Crippen molar-refractivity contribution in [2.45, 2.75) is 46.1 Å². The summed E-state index contributed by atoms with van der Waals surface area (Å²) in [5, 5.41) is 2.66. The van der Waals surface area contributed by atoms with Crippen LogP contribution in [0.3, 0.4) is 0 Å². The average molecular weight is 277 g/mol. The minimum absolute atomic E-state index is 0.0345. The van der Waals surface area contributed by atoms with Crippen molar-refractivity contribution < 1.29 is 14.3 Å². The number of carbonyl (C=O) groups is 2.